The first-order valence-corrected chi connectivity index (χ1v) is 7.76. The highest BCUT2D eigenvalue weighted by molar-refractivity contribution is 4.92. The van der Waals surface area contributed by atoms with Gasteiger partial charge in [0, 0.05) is 31.2 Å². The molecule has 0 aromatic carbocycles. The van der Waals surface area contributed by atoms with Crippen LogP contribution in [0.25, 0.3) is 0 Å². The maximum atomic E-state index is 2.82. The van der Waals surface area contributed by atoms with Crippen LogP contribution in [0.4, 0.5) is 0 Å². The summed E-state index contributed by atoms with van der Waals surface area (Å²) in [6.45, 7) is 11.1. The maximum absolute atomic E-state index is 2.82. The monoisotopic (exact) mass is 238 g/mol. The molecular formula is C15H30N2. The van der Waals surface area contributed by atoms with E-state index in [1.54, 1.807) is 0 Å². The van der Waals surface area contributed by atoms with Gasteiger partial charge in [-0.1, -0.05) is 26.7 Å². The number of piperazine rings is 1. The predicted molar refractivity (Wildman–Crippen MR) is 74.4 cm³/mol. The summed E-state index contributed by atoms with van der Waals surface area (Å²) in [6.07, 6.45) is 8.32. The van der Waals surface area contributed by atoms with E-state index >= 15 is 0 Å². The van der Waals surface area contributed by atoms with Crippen LogP contribution in [0.2, 0.25) is 0 Å². The molecule has 2 aliphatic heterocycles. The molecule has 0 aliphatic carbocycles. The van der Waals surface area contributed by atoms with Gasteiger partial charge in [-0.2, -0.15) is 0 Å². The molecule has 0 saturated carbocycles. The highest BCUT2D eigenvalue weighted by atomic mass is 15.3. The van der Waals surface area contributed by atoms with Crippen LogP contribution < -0.4 is 0 Å². The van der Waals surface area contributed by atoms with Gasteiger partial charge in [-0.15, -0.1) is 0 Å². The van der Waals surface area contributed by atoms with Crippen LogP contribution in [0.5, 0.6) is 0 Å². The molecule has 3 unspecified atom stereocenters. The summed E-state index contributed by atoms with van der Waals surface area (Å²) in [6, 6.07) is 2.46. The summed E-state index contributed by atoms with van der Waals surface area (Å²) in [5.74, 6) is 0. The predicted octanol–water partition coefficient (Wildman–Crippen LogP) is 3.12. The van der Waals surface area contributed by atoms with Gasteiger partial charge in [-0.25, -0.2) is 0 Å². The second kappa shape index (κ2) is 6.19. The minimum atomic E-state index is 0.786. The SMILES string of the molecule is CCCC(C)N1CC2CCCCN2CC1CC. The largest absolute Gasteiger partial charge is 0.298 e. The highest BCUT2D eigenvalue weighted by Crippen LogP contribution is 2.27. The number of fused-ring (bicyclic) bond motifs is 1. The summed E-state index contributed by atoms with van der Waals surface area (Å²) in [5, 5.41) is 0. The summed E-state index contributed by atoms with van der Waals surface area (Å²) in [5.41, 5.74) is 0. The Hall–Kier alpha value is -0.0800. The number of hydrogen-bond donors (Lipinski definition) is 0. The van der Waals surface area contributed by atoms with E-state index in [0.29, 0.717) is 0 Å². The molecule has 2 saturated heterocycles. The molecule has 2 heteroatoms. The zero-order valence-corrected chi connectivity index (χ0v) is 12.0. The number of rotatable bonds is 4. The van der Waals surface area contributed by atoms with Crippen molar-refractivity contribution in [2.45, 2.75) is 77.4 Å². The van der Waals surface area contributed by atoms with Crippen LogP contribution in [0.15, 0.2) is 0 Å². The van der Waals surface area contributed by atoms with Crippen LogP contribution in [0.1, 0.15) is 59.3 Å². The van der Waals surface area contributed by atoms with E-state index in [0.717, 1.165) is 18.1 Å². The molecule has 2 nitrogen and oxygen atoms in total. The molecule has 2 fully saturated rings. The Kier molecular flexibility index (Phi) is 4.87. The quantitative estimate of drug-likeness (QED) is 0.742. The van der Waals surface area contributed by atoms with Crippen LogP contribution in [-0.4, -0.2) is 47.6 Å². The van der Waals surface area contributed by atoms with Gasteiger partial charge in [0.05, 0.1) is 0 Å². The highest BCUT2D eigenvalue weighted by Gasteiger charge is 2.35. The molecule has 0 amide bonds. The van der Waals surface area contributed by atoms with Crippen molar-refractivity contribution < 1.29 is 0 Å². The zero-order chi connectivity index (χ0) is 12.3. The number of hydrogen-bond acceptors (Lipinski definition) is 2. The fraction of sp³-hybridized carbons (Fsp3) is 1.00. The second-order valence-corrected chi connectivity index (χ2v) is 6.04. The van der Waals surface area contributed by atoms with Gasteiger partial charge in [0.25, 0.3) is 0 Å². The Morgan fingerprint density at radius 2 is 2.00 bits per heavy atom. The van der Waals surface area contributed by atoms with E-state index < -0.39 is 0 Å². The average Bonchev–Trinajstić information content (AvgIpc) is 2.37. The molecule has 0 aromatic heterocycles. The Morgan fingerprint density at radius 3 is 2.71 bits per heavy atom. The molecule has 100 valence electrons. The smallest absolute Gasteiger partial charge is 0.0224 e. The normalized spacial score (nSPS) is 33.4. The maximum Gasteiger partial charge on any atom is 0.0224 e. The summed E-state index contributed by atoms with van der Waals surface area (Å²) < 4.78 is 0. The van der Waals surface area contributed by atoms with Crippen molar-refractivity contribution in [1.29, 1.82) is 0 Å². The Labute approximate surface area is 107 Å². The van der Waals surface area contributed by atoms with Crippen LogP contribution in [0.3, 0.4) is 0 Å². The molecule has 2 heterocycles. The van der Waals surface area contributed by atoms with E-state index in [4.69, 9.17) is 0 Å². The van der Waals surface area contributed by atoms with Gasteiger partial charge in [0.2, 0.25) is 0 Å². The third kappa shape index (κ3) is 3.03. The lowest BCUT2D eigenvalue weighted by Crippen LogP contribution is -2.61. The molecule has 17 heavy (non-hydrogen) atoms. The average molecular weight is 238 g/mol. The number of nitrogens with zero attached hydrogens (tertiary/aromatic N) is 2. The van der Waals surface area contributed by atoms with Gasteiger partial charge in [-0.3, -0.25) is 9.80 Å². The fourth-order valence-electron chi connectivity index (χ4n) is 3.76. The van der Waals surface area contributed by atoms with E-state index in [-0.39, 0.29) is 0 Å². The Bertz CT molecular complexity index is 229. The first-order valence-electron chi connectivity index (χ1n) is 7.76. The van der Waals surface area contributed by atoms with Crippen molar-refractivity contribution in [3.63, 3.8) is 0 Å². The van der Waals surface area contributed by atoms with Crippen LogP contribution in [-0.2, 0) is 0 Å². The summed E-state index contributed by atoms with van der Waals surface area (Å²) in [7, 11) is 0. The second-order valence-electron chi connectivity index (χ2n) is 6.04. The fourth-order valence-corrected chi connectivity index (χ4v) is 3.76. The first-order chi connectivity index (χ1) is 8.26. The summed E-state index contributed by atoms with van der Waals surface area (Å²) >= 11 is 0. The van der Waals surface area contributed by atoms with E-state index in [1.807, 2.05) is 0 Å². The van der Waals surface area contributed by atoms with Crippen molar-refractivity contribution in [3.05, 3.63) is 0 Å². The molecule has 0 bridgehead atoms. The molecule has 0 aromatic rings. The molecule has 0 spiro atoms. The molecule has 0 N–H and O–H groups in total. The molecule has 0 radical (unpaired) electrons. The van der Waals surface area contributed by atoms with Crippen LogP contribution >= 0.6 is 0 Å². The lowest BCUT2D eigenvalue weighted by Gasteiger charge is -2.50. The standard InChI is InChI=1S/C15H30N2/c1-4-8-13(3)17-12-15-9-6-7-10-16(15)11-14(17)5-2/h13-15H,4-12H2,1-3H3. The molecule has 3 atom stereocenters. The first kappa shape index (κ1) is 13.4. The lowest BCUT2D eigenvalue weighted by molar-refractivity contribution is -0.0134. The molecular weight excluding hydrogens is 208 g/mol. The minimum absolute atomic E-state index is 0.786. The Morgan fingerprint density at radius 1 is 1.18 bits per heavy atom. The van der Waals surface area contributed by atoms with E-state index in [1.165, 1.54) is 58.2 Å². The van der Waals surface area contributed by atoms with Crippen molar-refractivity contribution in [2.75, 3.05) is 19.6 Å². The van der Waals surface area contributed by atoms with Gasteiger partial charge in [-0.05, 0) is 39.2 Å². The third-order valence-electron chi connectivity index (χ3n) is 4.83. The van der Waals surface area contributed by atoms with Gasteiger partial charge >= 0.3 is 0 Å². The van der Waals surface area contributed by atoms with Crippen molar-refractivity contribution >= 4 is 0 Å². The Balaban J connectivity index is 1.99. The van der Waals surface area contributed by atoms with Crippen molar-refractivity contribution in [2.24, 2.45) is 0 Å². The topological polar surface area (TPSA) is 6.48 Å². The minimum Gasteiger partial charge on any atom is -0.298 e. The van der Waals surface area contributed by atoms with E-state index in [2.05, 4.69) is 30.6 Å². The third-order valence-corrected chi connectivity index (χ3v) is 4.83. The van der Waals surface area contributed by atoms with Crippen molar-refractivity contribution in [3.8, 4) is 0 Å². The molecule has 2 rings (SSSR count). The van der Waals surface area contributed by atoms with Gasteiger partial charge in [0.15, 0.2) is 0 Å². The molecule has 2 aliphatic rings. The van der Waals surface area contributed by atoms with E-state index in [9.17, 15) is 0 Å². The zero-order valence-electron chi connectivity index (χ0n) is 12.0. The number of piperidine rings is 1. The van der Waals surface area contributed by atoms with Gasteiger partial charge in [0.1, 0.15) is 0 Å². The van der Waals surface area contributed by atoms with Crippen molar-refractivity contribution in [1.82, 2.24) is 9.80 Å². The lowest BCUT2D eigenvalue weighted by atomic mass is 9.94. The van der Waals surface area contributed by atoms with Gasteiger partial charge < -0.3 is 0 Å². The summed E-state index contributed by atoms with van der Waals surface area (Å²) in [4.78, 5) is 5.59. The van der Waals surface area contributed by atoms with Crippen LogP contribution in [0, 0.1) is 0 Å².